The summed E-state index contributed by atoms with van der Waals surface area (Å²) in [5.41, 5.74) is 1.89. The van der Waals surface area contributed by atoms with Gasteiger partial charge < -0.3 is 9.84 Å². The molecule has 0 fully saturated rings. The molecule has 0 aliphatic rings. The molecule has 2 aromatic heterocycles. The van der Waals surface area contributed by atoms with Gasteiger partial charge >= 0.3 is 0 Å². The van der Waals surface area contributed by atoms with Gasteiger partial charge in [-0.15, -0.1) is 11.3 Å². The Bertz CT molecular complexity index is 735. The molecule has 3 rings (SSSR count). The van der Waals surface area contributed by atoms with Gasteiger partial charge in [0.15, 0.2) is 5.82 Å². The van der Waals surface area contributed by atoms with Gasteiger partial charge in [-0.05, 0) is 25.5 Å². The summed E-state index contributed by atoms with van der Waals surface area (Å²) in [7, 11) is 0. The van der Waals surface area contributed by atoms with Gasteiger partial charge in [0, 0.05) is 16.8 Å². The largest absolute Gasteiger partial charge is 0.379 e. The molecule has 3 aromatic rings. The molecule has 0 bridgehead atoms. The van der Waals surface area contributed by atoms with Crippen molar-refractivity contribution >= 4 is 17.0 Å². The van der Waals surface area contributed by atoms with Crippen LogP contribution >= 0.6 is 11.3 Å². The summed E-state index contributed by atoms with van der Waals surface area (Å²) >= 11 is 1.73. The van der Waals surface area contributed by atoms with Gasteiger partial charge in [-0.25, -0.2) is 4.98 Å². The maximum atomic E-state index is 5.25. The van der Waals surface area contributed by atoms with Crippen LogP contribution in [0.5, 0.6) is 0 Å². The minimum atomic E-state index is 0.536. The lowest BCUT2D eigenvalue weighted by Crippen LogP contribution is -1.99. The molecule has 0 unspecified atom stereocenters. The van der Waals surface area contributed by atoms with Gasteiger partial charge in [-0.3, -0.25) is 0 Å². The van der Waals surface area contributed by atoms with E-state index in [4.69, 9.17) is 4.52 Å². The second-order valence-electron chi connectivity index (χ2n) is 4.62. The van der Waals surface area contributed by atoms with E-state index in [2.05, 4.69) is 27.4 Å². The Morgan fingerprint density at radius 2 is 2.14 bits per heavy atom. The smallest absolute Gasteiger partial charge is 0.260 e. The van der Waals surface area contributed by atoms with Gasteiger partial charge in [-0.1, -0.05) is 24.2 Å². The fraction of sp³-hybridized carbons (Fsp3) is 0.267. The lowest BCUT2D eigenvalue weighted by molar-refractivity contribution is 0.426. The van der Waals surface area contributed by atoms with Crippen molar-refractivity contribution in [2.24, 2.45) is 0 Å². The molecule has 0 radical (unpaired) electrons. The Kier molecular flexibility index (Phi) is 3.96. The molecular formula is C15H16N4OS. The van der Waals surface area contributed by atoms with E-state index >= 15 is 0 Å². The van der Waals surface area contributed by atoms with E-state index in [0.29, 0.717) is 11.7 Å². The molecule has 0 atom stereocenters. The van der Waals surface area contributed by atoms with E-state index in [1.54, 1.807) is 11.3 Å². The highest BCUT2D eigenvalue weighted by atomic mass is 32.1. The standard InChI is InChI=1S/C15H16N4OS/c1-3-14-17-9-11(21-14)8-16-13-7-5-4-6-12(13)15-18-10(2)19-20-15/h4-7,9,16H,3,8H2,1-2H3. The molecule has 2 heterocycles. The molecule has 5 nitrogen and oxygen atoms in total. The Morgan fingerprint density at radius 3 is 2.86 bits per heavy atom. The van der Waals surface area contributed by atoms with E-state index in [1.807, 2.05) is 37.4 Å². The quantitative estimate of drug-likeness (QED) is 0.778. The van der Waals surface area contributed by atoms with Crippen LogP contribution < -0.4 is 5.32 Å². The van der Waals surface area contributed by atoms with Crippen molar-refractivity contribution in [3.63, 3.8) is 0 Å². The summed E-state index contributed by atoms with van der Waals surface area (Å²) in [5.74, 6) is 1.17. The number of aromatic nitrogens is 3. The third-order valence-electron chi connectivity index (χ3n) is 3.04. The summed E-state index contributed by atoms with van der Waals surface area (Å²) < 4.78 is 5.25. The molecule has 0 saturated carbocycles. The lowest BCUT2D eigenvalue weighted by atomic mass is 10.1. The molecule has 1 N–H and O–H groups in total. The third kappa shape index (κ3) is 3.11. The predicted molar refractivity (Wildman–Crippen MR) is 83.3 cm³/mol. The van der Waals surface area contributed by atoms with E-state index in [0.717, 1.165) is 29.2 Å². The molecule has 0 amide bonds. The van der Waals surface area contributed by atoms with Crippen LogP contribution in [-0.4, -0.2) is 15.1 Å². The fourth-order valence-electron chi connectivity index (χ4n) is 2.01. The van der Waals surface area contributed by atoms with E-state index in [1.165, 1.54) is 4.88 Å². The van der Waals surface area contributed by atoms with E-state index < -0.39 is 0 Å². The minimum absolute atomic E-state index is 0.536. The van der Waals surface area contributed by atoms with Crippen LogP contribution in [-0.2, 0) is 13.0 Å². The second kappa shape index (κ2) is 6.05. The first kappa shape index (κ1) is 13.8. The zero-order chi connectivity index (χ0) is 14.7. The number of para-hydroxylation sites is 1. The lowest BCUT2D eigenvalue weighted by Gasteiger charge is -2.08. The molecular weight excluding hydrogens is 284 g/mol. The van der Waals surface area contributed by atoms with Gasteiger partial charge in [0.05, 0.1) is 17.1 Å². The first-order valence-corrected chi connectivity index (χ1v) is 7.65. The van der Waals surface area contributed by atoms with Crippen LogP contribution in [0.2, 0.25) is 0 Å². The Balaban J connectivity index is 1.79. The van der Waals surface area contributed by atoms with Crippen LogP contribution in [0.4, 0.5) is 5.69 Å². The number of thiazole rings is 1. The molecule has 21 heavy (non-hydrogen) atoms. The number of aryl methyl sites for hydroxylation is 2. The number of hydrogen-bond acceptors (Lipinski definition) is 6. The summed E-state index contributed by atoms with van der Waals surface area (Å²) in [6.07, 6.45) is 2.90. The Morgan fingerprint density at radius 1 is 1.29 bits per heavy atom. The highest BCUT2D eigenvalue weighted by Crippen LogP contribution is 2.27. The summed E-state index contributed by atoms with van der Waals surface area (Å²) in [6, 6.07) is 7.93. The van der Waals surface area contributed by atoms with Gasteiger partial charge in [0.2, 0.25) is 0 Å². The third-order valence-corrected chi connectivity index (χ3v) is 4.18. The molecule has 0 aliphatic carbocycles. The first-order valence-electron chi connectivity index (χ1n) is 6.83. The normalized spacial score (nSPS) is 10.8. The van der Waals surface area contributed by atoms with Crippen LogP contribution in [0.3, 0.4) is 0 Å². The van der Waals surface area contributed by atoms with Crippen LogP contribution in [0.25, 0.3) is 11.5 Å². The van der Waals surface area contributed by atoms with Gasteiger partial charge in [-0.2, -0.15) is 4.98 Å². The Labute approximate surface area is 127 Å². The summed E-state index contributed by atoms with van der Waals surface area (Å²) in [6.45, 7) is 4.66. The Hall–Kier alpha value is -2.21. The van der Waals surface area contributed by atoms with Crippen molar-refractivity contribution < 1.29 is 4.52 Å². The molecule has 0 saturated heterocycles. The van der Waals surface area contributed by atoms with Crippen molar-refractivity contribution in [1.29, 1.82) is 0 Å². The van der Waals surface area contributed by atoms with E-state index in [-0.39, 0.29) is 0 Å². The van der Waals surface area contributed by atoms with Crippen molar-refractivity contribution in [1.82, 2.24) is 15.1 Å². The van der Waals surface area contributed by atoms with Crippen molar-refractivity contribution in [2.75, 3.05) is 5.32 Å². The van der Waals surface area contributed by atoms with Crippen molar-refractivity contribution in [3.05, 3.63) is 46.2 Å². The highest BCUT2D eigenvalue weighted by molar-refractivity contribution is 7.11. The summed E-state index contributed by atoms with van der Waals surface area (Å²) in [5, 5.41) is 8.42. The predicted octanol–water partition coefficient (Wildman–Crippen LogP) is 3.68. The number of rotatable bonds is 5. The number of nitrogens with one attached hydrogen (secondary N) is 1. The number of benzene rings is 1. The van der Waals surface area contributed by atoms with Gasteiger partial charge in [0.1, 0.15) is 0 Å². The van der Waals surface area contributed by atoms with Crippen LogP contribution in [0.1, 0.15) is 22.6 Å². The second-order valence-corrected chi connectivity index (χ2v) is 5.82. The molecule has 108 valence electrons. The van der Waals surface area contributed by atoms with Crippen LogP contribution in [0.15, 0.2) is 35.0 Å². The van der Waals surface area contributed by atoms with Crippen molar-refractivity contribution in [2.45, 2.75) is 26.8 Å². The zero-order valence-corrected chi connectivity index (χ0v) is 12.8. The topological polar surface area (TPSA) is 63.8 Å². The monoisotopic (exact) mass is 300 g/mol. The van der Waals surface area contributed by atoms with Gasteiger partial charge in [0.25, 0.3) is 5.89 Å². The minimum Gasteiger partial charge on any atom is -0.379 e. The van der Waals surface area contributed by atoms with Crippen LogP contribution in [0, 0.1) is 6.92 Å². The maximum Gasteiger partial charge on any atom is 0.260 e. The molecule has 6 heteroatoms. The average Bonchev–Trinajstić information content (AvgIpc) is 3.14. The number of nitrogens with zero attached hydrogens (tertiary/aromatic N) is 3. The molecule has 0 spiro atoms. The van der Waals surface area contributed by atoms with Crippen molar-refractivity contribution in [3.8, 4) is 11.5 Å². The van der Waals surface area contributed by atoms with E-state index in [9.17, 15) is 0 Å². The first-order chi connectivity index (χ1) is 10.3. The molecule has 0 aliphatic heterocycles. The zero-order valence-electron chi connectivity index (χ0n) is 12.0. The molecule has 1 aromatic carbocycles. The summed E-state index contributed by atoms with van der Waals surface area (Å²) in [4.78, 5) is 9.87. The number of anilines is 1. The maximum absolute atomic E-state index is 5.25. The SMILES string of the molecule is CCc1ncc(CNc2ccccc2-c2nc(C)no2)s1. The highest BCUT2D eigenvalue weighted by Gasteiger charge is 2.11. The number of hydrogen-bond donors (Lipinski definition) is 1. The average molecular weight is 300 g/mol. The fourth-order valence-corrected chi connectivity index (χ4v) is 2.81.